The van der Waals surface area contributed by atoms with Crippen LogP contribution in [-0.2, 0) is 6.54 Å². The molecule has 0 aliphatic carbocycles. The molecule has 5 nitrogen and oxygen atoms in total. The summed E-state index contributed by atoms with van der Waals surface area (Å²) in [6.07, 6.45) is 3.85. The van der Waals surface area contributed by atoms with E-state index in [0.717, 1.165) is 36.4 Å². The molecule has 0 spiro atoms. The Morgan fingerprint density at radius 3 is 2.68 bits per heavy atom. The number of aromatic nitrogens is 2. The van der Waals surface area contributed by atoms with Gasteiger partial charge in [0.25, 0.3) is 5.56 Å². The Bertz CT molecular complexity index is 718. The Morgan fingerprint density at radius 2 is 1.95 bits per heavy atom. The van der Waals surface area contributed by atoms with Crippen LogP contribution in [0.1, 0.15) is 25.0 Å². The number of aryl methyl sites for hydroxylation is 1. The monoisotopic (exact) mass is 301 g/mol. The zero-order valence-corrected chi connectivity index (χ0v) is 13.3. The molecule has 1 aliphatic heterocycles. The number of hydrogen-bond donors (Lipinski definition) is 0. The number of likely N-dealkylation sites (tertiary alicyclic amines) is 1. The van der Waals surface area contributed by atoms with Crippen LogP contribution in [0.3, 0.4) is 0 Å². The van der Waals surface area contributed by atoms with Crippen LogP contribution in [0.25, 0.3) is 11.0 Å². The standard InChI is InChI=1S/C17H23N3O2/c1-13-17(21)20(11-10-19-8-4-3-5-9-19)16-12-14(22-2)6-7-15(16)18-13/h6-7,12H,3-5,8-11H2,1-2H3. The second-order valence-electron chi connectivity index (χ2n) is 5.91. The quantitative estimate of drug-likeness (QED) is 0.868. The first-order valence-electron chi connectivity index (χ1n) is 7.96. The SMILES string of the molecule is COc1ccc2nc(C)c(=O)n(CCN3CCCCC3)c2c1. The fraction of sp³-hybridized carbons (Fsp3) is 0.529. The van der Waals surface area contributed by atoms with Gasteiger partial charge >= 0.3 is 0 Å². The molecule has 2 aromatic rings. The average molecular weight is 301 g/mol. The molecule has 1 aromatic heterocycles. The third-order valence-electron chi connectivity index (χ3n) is 4.40. The minimum absolute atomic E-state index is 0.00207. The van der Waals surface area contributed by atoms with E-state index in [1.54, 1.807) is 14.0 Å². The summed E-state index contributed by atoms with van der Waals surface area (Å²) < 4.78 is 7.13. The zero-order valence-electron chi connectivity index (χ0n) is 13.3. The van der Waals surface area contributed by atoms with Crippen molar-refractivity contribution in [3.05, 3.63) is 34.2 Å². The van der Waals surface area contributed by atoms with Gasteiger partial charge in [0.05, 0.1) is 18.1 Å². The van der Waals surface area contributed by atoms with Crippen LogP contribution in [0.2, 0.25) is 0 Å². The molecule has 5 heteroatoms. The van der Waals surface area contributed by atoms with Gasteiger partial charge < -0.3 is 14.2 Å². The molecule has 1 aliphatic rings. The normalized spacial score (nSPS) is 16.1. The van der Waals surface area contributed by atoms with Crippen LogP contribution in [0.4, 0.5) is 0 Å². The number of nitrogens with zero attached hydrogens (tertiary/aromatic N) is 3. The Hall–Kier alpha value is -1.88. The number of fused-ring (bicyclic) bond motifs is 1. The first kappa shape index (κ1) is 15.0. The number of ether oxygens (including phenoxy) is 1. The Kier molecular flexibility index (Phi) is 4.43. The summed E-state index contributed by atoms with van der Waals surface area (Å²) in [7, 11) is 1.64. The Morgan fingerprint density at radius 1 is 1.18 bits per heavy atom. The van der Waals surface area contributed by atoms with Gasteiger partial charge in [-0.2, -0.15) is 0 Å². The first-order valence-corrected chi connectivity index (χ1v) is 7.96. The van der Waals surface area contributed by atoms with Crippen LogP contribution in [0.5, 0.6) is 5.75 Å². The summed E-state index contributed by atoms with van der Waals surface area (Å²) in [4.78, 5) is 19.3. The molecule has 22 heavy (non-hydrogen) atoms. The molecular weight excluding hydrogens is 278 g/mol. The minimum Gasteiger partial charge on any atom is -0.497 e. The molecule has 1 aromatic carbocycles. The summed E-state index contributed by atoms with van der Waals surface area (Å²) in [5.41, 5.74) is 2.25. The van der Waals surface area contributed by atoms with Crippen molar-refractivity contribution in [2.24, 2.45) is 0 Å². The van der Waals surface area contributed by atoms with Crippen LogP contribution in [-0.4, -0.2) is 41.2 Å². The molecule has 0 amide bonds. The molecule has 0 radical (unpaired) electrons. The summed E-state index contributed by atoms with van der Waals surface area (Å²) >= 11 is 0. The predicted molar refractivity (Wildman–Crippen MR) is 87.6 cm³/mol. The number of methoxy groups -OCH3 is 1. The first-order chi connectivity index (χ1) is 10.7. The van der Waals surface area contributed by atoms with Gasteiger partial charge in [-0.1, -0.05) is 6.42 Å². The Labute approximate surface area is 130 Å². The van der Waals surface area contributed by atoms with E-state index in [4.69, 9.17) is 4.74 Å². The molecule has 1 saturated heterocycles. The lowest BCUT2D eigenvalue weighted by molar-refractivity contribution is 0.221. The van der Waals surface area contributed by atoms with E-state index in [-0.39, 0.29) is 5.56 Å². The highest BCUT2D eigenvalue weighted by Gasteiger charge is 2.13. The summed E-state index contributed by atoms with van der Waals surface area (Å²) in [6, 6.07) is 5.70. The second kappa shape index (κ2) is 6.48. The average Bonchev–Trinajstić information content (AvgIpc) is 2.56. The molecular formula is C17H23N3O2. The third-order valence-corrected chi connectivity index (χ3v) is 4.40. The van der Waals surface area contributed by atoms with Crippen LogP contribution in [0, 0.1) is 6.92 Å². The van der Waals surface area contributed by atoms with Gasteiger partial charge in [0, 0.05) is 19.2 Å². The zero-order chi connectivity index (χ0) is 15.5. The van der Waals surface area contributed by atoms with Gasteiger partial charge in [0.2, 0.25) is 0 Å². The lowest BCUT2D eigenvalue weighted by Gasteiger charge is -2.26. The van der Waals surface area contributed by atoms with E-state index in [1.165, 1.54) is 19.3 Å². The maximum Gasteiger partial charge on any atom is 0.272 e. The number of hydrogen-bond acceptors (Lipinski definition) is 4. The highest BCUT2D eigenvalue weighted by molar-refractivity contribution is 5.76. The topological polar surface area (TPSA) is 47.4 Å². The number of rotatable bonds is 4. The third kappa shape index (κ3) is 2.99. The van der Waals surface area contributed by atoms with Gasteiger partial charge in [-0.15, -0.1) is 0 Å². The number of benzene rings is 1. The van der Waals surface area contributed by atoms with Gasteiger partial charge in [-0.3, -0.25) is 4.79 Å². The number of piperidine rings is 1. The maximum atomic E-state index is 12.5. The van der Waals surface area contributed by atoms with Crippen molar-refractivity contribution in [1.29, 1.82) is 0 Å². The minimum atomic E-state index is -0.00207. The molecule has 0 bridgehead atoms. The van der Waals surface area contributed by atoms with E-state index >= 15 is 0 Å². The Balaban J connectivity index is 1.94. The van der Waals surface area contributed by atoms with Crippen molar-refractivity contribution in [2.75, 3.05) is 26.7 Å². The van der Waals surface area contributed by atoms with Crippen molar-refractivity contribution in [1.82, 2.24) is 14.5 Å². The van der Waals surface area contributed by atoms with Crippen LogP contribution < -0.4 is 10.3 Å². The van der Waals surface area contributed by atoms with Crippen molar-refractivity contribution in [3.63, 3.8) is 0 Å². The van der Waals surface area contributed by atoms with Crippen molar-refractivity contribution < 1.29 is 4.74 Å². The highest BCUT2D eigenvalue weighted by Crippen LogP contribution is 2.18. The molecule has 0 atom stereocenters. The maximum absolute atomic E-state index is 12.5. The van der Waals surface area contributed by atoms with E-state index in [2.05, 4.69) is 9.88 Å². The van der Waals surface area contributed by atoms with Crippen molar-refractivity contribution >= 4 is 11.0 Å². The van der Waals surface area contributed by atoms with E-state index in [9.17, 15) is 4.79 Å². The molecule has 1 fully saturated rings. The fourth-order valence-corrected chi connectivity index (χ4v) is 3.12. The predicted octanol–water partition coefficient (Wildman–Crippen LogP) is 2.20. The van der Waals surface area contributed by atoms with E-state index in [1.807, 2.05) is 22.8 Å². The molecule has 118 valence electrons. The molecule has 0 unspecified atom stereocenters. The second-order valence-corrected chi connectivity index (χ2v) is 5.91. The smallest absolute Gasteiger partial charge is 0.272 e. The van der Waals surface area contributed by atoms with E-state index < -0.39 is 0 Å². The highest BCUT2D eigenvalue weighted by atomic mass is 16.5. The van der Waals surface area contributed by atoms with Crippen molar-refractivity contribution in [2.45, 2.75) is 32.7 Å². The molecule has 3 rings (SSSR count). The lowest BCUT2D eigenvalue weighted by Crippen LogP contribution is -2.35. The van der Waals surface area contributed by atoms with Gasteiger partial charge in [0.15, 0.2) is 0 Å². The molecule has 2 heterocycles. The van der Waals surface area contributed by atoms with Crippen LogP contribution >= 0.6 is 0 Å². The summed E-state index contributed by atoms with van der Waals surface area (Å²) in [5, 5.41) is 0. The summed E-state index contributed by atoms with van der Waals surface area (Å²) in [6.45, 7) is 5.67. The molecule has 0 saturated carbocycles. The van der Waals surface area contributed by atoms with E-state index in [0.29, 0.717) is 12.2 Å². The molecule has 0 N–H and O–H groups in total. The fourth-order valence-electron chi connectivity index (χ4n) is 3.12. The van der Waals surface area contributed by atoms with Gasteiger partial charge in [0.1, 0.15) is 11.4 Å². The van der Waals surface area contributed by atoms with Gasteiger partial charge in [-0.25, -0.2) is 4.98 Å². The summed E-state index contributed by atoms with van der Waals surface area (Å²) in [5.74, 6) is 0.754. The van der Waals surface area contributed by atoms with Crippen molar-refractivity contribution in [3.8, 4) is 5.75 Å². The largest absolute Gasteiger partial charge is 0.497 e. The van der Waals surface area contributed by atoms with Crippen LogP contribution in [0.15, 0.2) is 23.0 Å². The van der Waals surface area contributed by atoms with Gasteiger partial charge in [-0.05, 0) is 45.0 Å². The lowest BCUT2D eigenvalue weighted by atomic mass is 10.1.